The number of hydrogen-bond donors (Lipinski definition) is 0. The highest BCUT2D eigenvalue weighted by Gasteiger charge is 2.21. The number of halogens is 1. The van der Waals surface area contributed by atoms with Crippen LogP contribution in [0, 0.1) is 13.8 Å². The maximum absolute atomic E-state index is 6.30. The van der Waals surface area contributed by atoms with Crippen LogP contribution in [0.4, 0.5) is 0 Å². The van der Waals surface area contributed by atoms with E-state index in [1.165, 1.54) is 11.3 Å². The summed E-state index contributed by atoms with van der Waals surface area (Å²) < 4.78 is 13.2. The second-order valence-corrected chi connectivity index (χ2v) is 7.48. The van der Waals surface area contributed by atoms with Crippen molar-refractivity contribution in [1.82, 2.24) is 19.8 Å². The van der Waals surface area contributed by atoms with Crippen LogP contribution in [-0.4, -0.2) is 19.8 Å². The van der Waals surface area contributed by atoms with Gasteiger partial charge in [-0.1, -0.05) is 35.1 Å². The number of aryl methyl sites for hydroxylation is 2. The van der Waals surface area contributed by atoms with Crippen LogP contribution in [0.3, 0.4) is 0 Å². The van der Waals surface area contributed by atoms with Crippen molar-refractivity contribution in [3.8, 4) is 33.5 Å². The molecule has 0 radical (unpaired) electrons. The molecule has 0 bridgehead atoms. The van der Waals surface area contributed by atoms with E-state index >= 15 is 0 Å². The number of fused-ring (bicyclic) bond motifs is 1. The molecule has 0 amide bonds. The molecular weight excluding hydrogens is 384 g/mol. The average molecular weight is 397 g/mol. The largest absolute Gasteiger partial charge is 0.469 e. The highest BCUT2D eigenvalue weighted by atomic mass is 35.5. The normalized spacial score (nSPS) is 11.5. The second kappa shape index (κ2) is 6.07. The SMILES string of the molecule is Cc1cc(-c2ccccc2Cl)oc1-c1nn2c(-c3ccoc3C)nnc2s1. The molecule has 8 heteroatoms. The topological polar surface area (TPSA) is 69.4 Å². The number of hydrogen-bond acceptors (Lipinski definition) is 6. The quantitative estimate of drug-likeness (QED) is 0.394. The van der Waals surface area contributed by atoms with Crippen LogP contribution in [0.2, 0.25) is 5.02 Å². The Morgan fingerprint density at radius 3 is 2.70 bits per heavy atom. The maximum Gasteiger partial charge on any atom is 0.235 e. The van der Waals surface area contributed by atoms with Gasteiger partial charge in [0.1, 0.15) is 11.5 Å². The summed E-state index contributed by atoms with van der Waals surface area (Å²) in [5, 5.41) is 14.5. The van der Waals surface area contributed by atoms with Crippen molar-refractivity contribution in [2.45, 2.75) is 13.8 Å². The van der Waals surface area contributed by atoms with Crippen LogP contribution in [0.1, 0.15) is 11.3 Å². The third-order valence-electron chi connectivity index (χ3n) is 4.34. The summed E-state index contributed by atoms with van der Waals surface area (Å²) in [5.41, 5.74) is 2.70. The fourth-order valence-electron chi connectivity index (χ4n) is 2.98. The van der Waals surface area contributed by atoms with Gasteiger partial charge in [0.05, 0.1) is 16.8 Å². The molecule has 27 heavy (non-hydrogen) atoms. The predicted molar refractivity (Wildman–Crippen MR) is 104 cm³/mol. The molecule has 0 N–H and O–H groups in total. The molecule has 1 aromatic carbocycles. The Kier molecular flexibility index (Phi) is 3.66. The van der Waals surface area contributed by atoms with E-state index in [1.54, 1.807) is 10.8 Å². The van der Waals surface area contributed by atoms with Gasteiger partial charge in [-0.25, -0.2) is 0 Å². The molecule has 0 unspecified atom stereocenters. The smallest absolute Gasteiger partial charge is 0.235 e. The standard InChI is InChI=1S/C19H13ClN4O2S/c1-10-9-15(13-5-3-4-6-14(13)20)26-16(10)18-23-24-17(21-22-19(24)27-18)12-7-8-25-11(12)2/h3-9H,1-2H3. The van der Waals surface area contributed by atoms with Gasteiger partial charge in [0.15, 0.2) is 16.6 Å². The second-order valence-electron chi connectivity index (χ2n) is 6.12. The summed E-state index contributed by atoms with van der Waals surface area (Å²) in [7, 11) is 0. The van der Waals surface area contributed by atoms with E-state index in [0.717, 1.165) is 27.5 Å². The van der Waals surface area contributed by atoms with Crippen molar-refractivity contribution in [3.05, 3.63) is 59.0 Å². The van der Waals surface area contributed by atoms with E-state index in [2.05, 4.69) is 15.3 Å². The Labute approximate surface area is 163 Å². The number of furan rings is 2. The highest BCUT2D eigenvalue weighted by Crippen LogP contribution is 2.37. The molecule has 6 nitrogen and oxygen atoms in total. The third kappa shape index (κ3) is 2.58. The molecule has 0 aliphatic heterocycles. The van der Waals surface area contributed by atoms with Gasteiger partial charge in [-0.2, -0.15) is 4.52 Å². The van der Waals surface area contributed by atoms with Crippen LogP contribution in [-0.2, 0) is 0 Å². The van der Waals surface area contributed by atoms with Crippen LogP contribution < -0.4 is 0 Å². The predicted octanol–water partition coefficient (Wildman–Crippen LogP) is 5.64. The lowest BCUT2D eigenvalue weighted by Crippen LogP contribution is -1.91. The van der Waals surface area contributed by atoms with Gasteiger partial charge in [0, 0.05) is 5.56 Å². The van der Waals surface area contributed by atoms with Crippen molar-refractivity contribution >= 4 is 27.9 Å². The monoisotopic (exact) mass is 396 g/mol. The van der Waals surface area contributed by atoms with Gasteiger partial charge in [-0.3, -0.25) is 0 Å². The molecule has 0 aliphatic carbocycles. The summed E-state index contributed by atoms with van der Waals surface area (Å²) in [6.45, 7) is 3.87. The van der Waals surface area contributed by atoms with E-state index in [-0.39, 0.29) is 0 Å². The first-order chi connectivity index (χ1) is 13.1. The van der Waals surface area contributed by atoms with Crippen LogP contribution in [0.15, 0.2) is 51.5 Å². The van der Waals surface area contributed by atoms with E-state index in [9.17, 15) is 0 Å². The van der Waals surface area contributed by atoms with E-state index < -0.39 is 0 Å². The molecule has 0 fully saturated rings. The average Bonchev–Trinajstić information content (AvgIpc) is 3.39. The molecule has 0 aliphatic rings. The highest BCUT2D eigenvalue weighted by molar-refractivity contribution is 7.19. The summed E-state index contributed by atoms with van der Waals surface area (Å²) in [5.74, 6) is 2.84. The first-order valence-corrected chi connectivity index (χ1v) is 9.43. The van der Waals surface area contributed by atoms with E-state index in [0.29, 0.717) is 27.3 Å². The Hall–Kier alpha value is -2.90. The van der Waals surface area contributed by atoms with Gasteiger partial charge in [-0.15, -0.1) is 15.3 Å². The van der Waals surface area contributed by atoms with Gasteiger partial charge in [-0.05, 0) is 43.7 Å². The summed E-state index contributed by atoms with van der Waals surface area (Å²) in [6.07, 6.45) is 1.63. The molecule has 0 saturated carbocycles. The van der Waals surface area contributed by atoms with Crippen molar-refractivity contribution in [3.63, 3.8) is 0 Å². The van der Waals surface area contributed by atoms with Crippen LogP contribution in [0.25, 0.3) is 38.4 Å². The molecule has 0 atom stereocenters. The van der Waals surface area contributed by atoms with Crippen LogP contribution >= 0.6 is 22.9 Å². The fourth-order valence-corrected chi connectivity index (χ4v) is 4.10. The van der Waals surface area contributed by atoms with Gasteiger partial charge < -0.3 is 8.83 Å². The Balaban J connectivity index is 1.62. The Morgan fingerprint density at radius 1 is 1.07 bits per heavy atom. The lowest BCUT2D eigenvalue weighted by molar-refractivity contribution is 0.535. The minimum absolute atomic E-state index is 0.647. The Morgan fingerprint density at radius 2 is 1.93 bits per heavy atom. The molecule has 0 saturated heterocycles. The molecule has 5 aromatic rings. The summed E-state index contributed by atoms with van der Waals surface area (Å²) in [6, 6.07) is 11.4. The summed E-state index contributed by atoms with van der Waals surface area (Å²) >= 11 is 7.72. The van der Waals surface area contributed by atoms with Gasteiger partial charge in [0.25, 0.3) is 0 Å². The molecule has 4 heterocycles. The number of benzene rings is 1. The minimum Gasteiger partial charge on any atom is -0.469 e. The van der Waals surface area contributed by atoms with Crippen molar-refractivity contribution in [2.75, 3.05) is 0 Å². The van der Waals surface area contributed by atoms with E-state index in [4.69, 9.17) is 20.4 Å². The lowest BCUT2D eigenvalue weighted by Gasteiger charge is -1.99. The molecule has 0 spiro atoms. The Bertz CT molecular complexity index is 1280. The lowest BCUT2D eigenvalue weighted by atomic mass is 10.1. The first kappa shape index (κ1) is 16.3. The minimum atomic E-state index is 0.647. The molecule has 134 valence electrons. The number of nitrogens with zero attached hydrogens (tertiary/aromatic N) is 4. The van der Waals surface area contributed by atoms with Gasteiger partial charge in [0.2, 0.25) is 4.96 Å². The number of rotatable bonds is 3. The van der Waals surface area contributed by atoms with Gasteiger partial charge >= 0.3 is 0 Å². The fraction of sp³-hybridized carbons (Fsp3) is 0.105. The first-order valence-electron chi connectivity index (χ1n) is 8.24. The van der Waals surface area contributed by atoms with Crippen molar-refractivity contribution < 1.29 is 8.83 Å². The van der Waals surface area contributed by atoms with Crippen LogP contribution in [0.5, 0.6) is 0 Å². The zero-order valence-corrected chi connectivity index (χ0v) is 16.0. The summed E-state index contributed by atoms with van der Waals surface area (Å²) in [4.78, 5) is 0.690. The zero-order valence-electron chi connectivity index (χ0n) is 14.4. The van der Waals surface area contributed by atoms with E-state index in [1.807, 2.05) is 50.2 Å². The van der Waals surface area contributed by atoms with Crippen molar-refractivity contribution in [2.24, 2.45) is 0 Å². The van der Waals surface area contributed by atoms with Crippen molar-refractivity contribution in [1.29, 1.82) is 0 Å². The third-order valence-corrected chi connectivity index (χ3v) is 5.57. The molecule has 4 aromatic heterocycles. The molecular formula is C19H13ClN4O2S. The number of aromatic nitrogens is 4. The zero-order chi connectivity index (χ0) is 18.5. The maximum atomic E-state index is 6.30. The molecule has 5 rings (SSSR count).